The molecule has 0 spiro atoms. The van der Waals surface area contributed by atoms with E-state index in [1.54, 1.807) is 0 Å². The number of fused-ring (bicyclic) bond motifs is 2. The molecule has 2 saturated carbocycles. The van der Waals surface area contributed by atoms with E-state index < -0.39 is 0 Å². The molecule has 0 bridgehead atoms. The van der Waals surface area contributed by atoms with Gasteiger partial charge in [-0.15, -0.1) is 0 Å². The minimum Gasteiger partial charge on any atom is -0.207 e. The summed E-state index contributed by atoms with van der Waals surface area (Å²) in [5, 5.41) is 1.28. The molecule has 2 fully saturated rings. The topological polar surface area (TPSA) is 0 Å². The van der Waals surface area contributed by atoms with Gasteiger partial charge in [0.15, 0.2) is 0 Å². The van der Waals surface area contributed by atoms with Gasteiger partial charge in [-0.2, -0.15) is 0 Å². The normalized spacial score (nSPS) is 25.2. The third-order valence-corrected chi connectivity index (χ3v) is 8.84. The van der Waals surface area contributed by atoms with Crippen molar-refractivity contribution in [3.8, 4) is 0 Å². The van der Waals surface area contributed by atoms with E-state index in [4.69, 9.17) is 0 Å². The van der Waals surface area contributed by atoms with Crippen molar-refractivity contribution in [2.45, 2.75) is 110 Å². The summed E-state index contributed by atoms with van der Waals surface area (Å²) in [5.41, 5.74) is 1.51. The van der Waals surface area contributed by atoms with Crippen molar-refractivity contribution in [3.05, 3.63) is 59.2 Å². The van der Waals surface area contributed by atoms with Gasteiger partial charge in [-0.1, -0.05) is 76.2 Å². The van der Waals surface area contributed by atoms with Crippen LogP contribution in [0.2, 0.25) is 0 Å². The molecule has 0 saturated heterocycles. The Balaban J connectivity index is 1.38. The van der Waals surface area contributed by atoms with Crippen LogP contribution in [0.4, 0.5) is 8.78 Å². The fourth-order valence-corrected chi connectivity index (χ4v) is 6.85. The Labute approximate surface area is 206 Å². The summed E-state index contributed by atoms with van der Waals surface area (Å²) in [4.78, 5) is 0. The molecule has 0 N–H and O–H groups in total. The van der Waals surface area contributed by atoms with Crippen molar-refractivity contribution >= 4 is 10.8 Å². The third kappa shape index (κ3) is 6.10. The van der Waals surface area contributed by atoms with Crippen molar-refractivity contribution < 1.29 is 8.78 Å². The quantitative estimate of drug-likeness (QED) is 0.241. The molecule has 2 heteroatoms. The second-order valence-corrected chi connectivity index (χ2v) is 11.2. The van der Waals surface area contributed by atoms with Crippen molar-refractivity contribution in [2.75, 3.05) is 0 Å². The molecule has 0 heterocycles. The minimum atomic E-state index is -0.246. The Bertz CT molecular complexity index is 959. The second-order valence-electron chi connectivity index (χ2n) is 11.2. The standard InChI is InChI=1S/C32H44F2/c1-3-5-7-8-10-11-23-13-14-26-20-27(18-16-25(26)19-23)29-21-28-17-15-24(12-9-6-4-2)32(34)30(28)22-31(29)33/h4,6,15,17,21-23,25-27H,3,5,7-14,16,18-20H2,1-2H3/b6-4+/t23?,25-,26?,27-/m1/s1. The molecule has 2 aromatic carbocycles. The maximum atomic E-state index is 15.3. The summed E-state index contributed by atoms with van der Waals surface area (Å²) in [7, 11) is 0. The van der Waals surface area contributed by atoms with Crippen LogP contribution in [0.1, 0.15) is 114 Å². The highest BCUT2D eigenvalue weighted by atomic mass is 19.1. The monoisotopic (exact) mass is 466 g/mol. The number of allylic oxidation sites excluding steroid dienone is 2. The van der Waals surface area contributed by atoms with E-state index in [0.717, 1.165) is 48.0 Å². The van der Waals surface area contributed by atoms with Gasteiger partial charge in [0, 0.05) is 5.39 Å². The van der Waals surface area contributed by atoms with Crippen LogP contribution in [0.25, 0.3) is 10.8 Å². The first-order valence-electron chi connectivity index (χ1n) is 14.1. The summed E-state index contributed by atoms with van der Waals surface area (Å²) < 4.78 is 30.3. The Hall–Kier alpha value is -1.70. The van der Waals surface area contributed by atoms with Crippen LogP contribution >= 0.6 is 0 Å². The highest BCUT2D eigenvalue weighted by Gasteiger charge is 2.36. The molecular formula is C32H44F2. The van der Waals surface area contributed by atoms with E-state index in [1.807, 2.05) is 37.3 Å². The summed E-state index contributed by atoms with van der Waals surface area (Å²) in [6.07, 6.45) is 21.3. The fourth-order valence-electron chi connectivity index (χ4n) is 6.85. The number of rotatable bonds is 10. The number of unbranched alkanes of at least 4 members (excludes halogenated alkanes) is 4. The maximum absolute atomic E-state index is 15.3. The summed E-state index contributed by atoms with van der Waals surface area (Å²) in [6, 6.07) is 7.31. The van der Waals surface area contributed by atoms with Gasteiger partial charge < -0.3 is 0 Å². The number of halogens is 2. The zero-order valence-electron chi connectivity index (χ0n) is 21.4. The molecule has 4 rings (SSSR count). The first-order chi connectivity index (χ1) is 16.6. The van der Waals surface area contributed by atoms with Crippen molar-refractivity contribution in [2.24, 2.45) is 17.8 Å². The van der Waals surface area contributed by atoms with E-state index in [-0.39, 0.29) is 17.6 Å². The summed E-state index contributed by atoms with van der Waals surface area (Å²) in [6.45, 7) is 4.26. The Morgan fingerprint density at radius 1 is 0.912 bits per heavy atom. The Morgan fingerprint density at radius 2 is 1.71 bits per heavy atom. The van der Waals surface area contributed by atoms with Crippen LogP contribution < -0.4 is 0 Å². The van der Waals surface area contributed by atoms with Gasteiger partial charge in [0.2, 0.25) is 0 Å². The molecule has 0 aromatic heterocycles. The second kappa shape index (κ2) is 12.3. The van der Waals surface area contributed by atoms with Gasteiger partial charge in [-0.05, 0) is 104 Å². The molecule has 34 heavy (non-hydrogen) atoms. The SMILES string of the molecule is C/C=C/CCc1ccc2cc([C@@H]3CC[C@@H]4CC(CCCCCCC)CCC4C3)c(F)cc2c1F. The number of hydrogen-bond donors (Lipinski definition) is 0. The summed E-state index contributed by atoms with van der Waals surface area (Å²) >= 11 is 0. The average molecular weight is 467 g/mol. The van der Waals surface area contributed by atoms with Crippen LogP contribution in [0.3, 0.4) is 0 Å². The van der Waals surface area contributed by atoms with E-state index in [2.05, 4.69) is 6.92 Å². The van der Waals surface area contributed by atoms with E-state index in [0.29, 0.717) is 17.4 Å². The predicted molar refractivity (Wildman–Crippen MR) is 141 cm³/mol. The lowest BCUT2D eigenvalue weighted by molar-refractivity contribution is 0.112. The van der Waals surface area contributed by atoms with Crippen LogP contribution in [0.5, 0.6) is 0 Å². The molecule has 2 aliphatic rings. The molecule has 2 aromatic rings. The van der Waals surface area contributed by atoms with E-state index >= 15 is 8.78 Å². The zero-order chi connectivity index (χ0) is 23.9. The maximum Gasteiger partial charge on any atom is 0.134 e. The van der Waals surface area contributed by atoms with Crippen molar-refractivity contribution in [1.29, 1.82) is 0 Å². The molecule has 0 aliphatic heterocycles. The Kier molecular flexibility index (Phi) is 9.20. The van der Waals surface area contributed by atoms with Gasteiger partial charge >= 0.3 is 0 Å². The smallest absolute Gasteiger partial charge is 0.134 e. The van der Waals surface area contributed by atoms with Crippen molar-refractivity contribution in [3.63, 3.8) is 0 Å². The summed E-state index contributed by atoms with van der Waals surface area (Å²) in [5.74, 6) is 2.34. The lowest BCUT2D eigenvalue weighted by Gasteiger charge is -2.42. The van der Waals surface area contributed by atoms with Gasteiger partial charge in [-0.3, -0.25) is 0 Å². The lowest BCUT2D eigenvalue weighted by Crippen LogP contribution is -2.30. The minimum absolute atomic E-state index is 0.207. The van der Waals surface area contributed by atoms with Gasteiger partial charge in [-0.25, -0.2) is 8.78 Å². The number of aryl methyl sites for hydroxylation is 1. The lowest BCUT2D eigenvalue weighted by atomic mass is 9.63. The average Bonchev–Trinajstić information content (AvgIpc) is 2.85. The highest BCUT2D eigenvalue weighted by Crippen LogP contribution is 2.49. The van der Waals surface area contributed by atoms with Crippen LogP contribution in [0.15, 0.2) is 36.4 Å². The molecule has 0 nitrogen and oxygen atoms in total. The van der Waals surface area contributed by atoms with E-state index in [1.165, 1.54) is 70.3 Å². The molecule has 0 radical (unpaired) electrons. The predicted octanol–water partition coefficient (Wildman–Crippen LogP) is 10.3. The number of hydrogen-bond acceptors (Lipinski definition) is 0. The van der Waals surface area contributed by atoms with E-state index in [9.17, 15) is 0 Å². The molecular weight excluding hydrogens is 422 g/mol. The highest BCUT2D eigenvalue weighted by molar-refractivity contribution is 5.85. The van der Waals surface area contributed by atoms with Crippen molar-refractivity contribution in [1.82, 2.24) is 0 Å². The fraction of sp³-hybridized carbons (Fsp3) is 0.625. The third-order valence-electron chi connectivity index (χ3n) is 8.84. The number of benzene rings is 2. The first-order valence-corrected chi connectivity index (χ1v) is 14.1. The van der Waals surface area contributed by atoms with Crippen LogP contribution in [-0.4, -0.2) is 0 Å². The largest absolute Gasteiger partial charge is 0.207 e. The van der Waals surface area contributed by atoms with Gasteiger partial charge in [0.25, 0.3) is 0 Å². The van der Waals surface area contributed by atoms with Crippen LogP contribution in [0, 0.1) is 29.4 Å². The van der Waals surface area contributed by atoms with Gasteiger partial charge in [0.05, 0.1) is 0 Å². The first kappa shape index (κ1) is 25.4. The Morgan fingerprint density at radius 3 is 2.53 bits per heavy atom. The molecule has 0 amide bonds. The molecule has 2 aliphatic carbocycles. The zero-order valence-corrected chi connectivity index (χ0v) is 21.4. The molecule has 2 unspecified atom stereocenters. The molecule has 4 atom stereocenters. The molecule has 186 valence electrons. The van der Waals surface area contributed by atoms with Gasteiger partial charge in [0.1, 0.15) is 11.6 Å². The van der Waals surface area contributed by atoms with Crippen LogP contribution in [-0.2, 0) is 6.42 Å².